The quantitative estimate of drug-likeness (QED) is 0.563. The van der Waals surface area contributed by atoms with Gasteiger partial charge in [-0.3, -0.25) is 9.89 Å². The van der Waals surface area contributed by atoms with Crippen molar-refractivity contribution in [3.8, 4) is 9.88 Å². The third-order valence-corrected chi connectivity index (χ3v) is 6.30. The Morgan fingerprint density at radius 2 is 2.25 bits per heavy atom. The third-order valence-electron chi connectivity index (χ3n) is 3.55. The predicted octanol–water partition coefficient (Wildman–Crippen LogP) is 3.96. The molecule has 0 saturated heterocycles. The zero-order valence-corrected chi connectivity index (χ0v) is 16.4. The number of amides is 1. The lowest BCUT2D eigenvalue weighted by Gasteiger charge is -2.03. The molecule has 3 aromatic rings. The molecule has 126 valence electrons. The average Bonchev–Trinajstić information content (AvgIpc) is 3.26. The molecule has 3 aromatic heterocycles. The van der Waals surface area contributed by atoms with E-state index in [1.54, 1.807) is 22.7 Å². The van der Waals surface area contributed by atoms with Crippen molar-refractivity contribution in [1.29, 1.82) is 0 Å². The molecule has 0 unspecified atom stereocenters. The van der Waals surface area contributed by atoms with Crippen LogP contribution >= 0.6 is 38.6 Å². The molecule has 0 fully saturated rings. The summed E-state index contributed by atoms with van der Waals surface area (Å²) in [6, 6.07) is 2.05. The fourth-order valence-electron chi connectivity index (χ4n) is 2.29. The standard InChI is InChI=1S/C16H17BrN4OS2/c1-10-11(7-19-21-10)3-2-4-18-15(22)6-13-9-24-16(20-13)14-5-12(17)8-23-14/h5,7-9H,2-4,6H2,1H3,(H,18,22)(H,19,21). The Morgan fingerprint density at radius 1 is 1.38 bits per heavy atom. The van der Waals surface area contributed by atoms with E-state index >= 15 is 0 Å². The molecule has 0 bridgehead atoms. The highest BCUT2D eigenvalue weighted by Crippen LogP contribution is 2.32. The van der Waals surface area contributed by atoms with Crippen LogP contribution < -0.4 is 5.32 Å². The summed E-state index contributed by atoms with van der Waals surface area (Å²) in [5.41, 5.74) is 3.12. The number of rotatable bonds is 7. The van der Waals surface area contributed by atoms with Crippen molar-refractivity contribution >= 4 is 44.5 Å². The van der Waals surface area contributed by atoms with Gasteiger partial charge in [0.05, 0.1) is 23.2 Å². The largest absolute Gasteiger partial charge is 0.356 e. The van der Waals surface area contributed by atoms with Crippen LogP contribution in [-0.2, 0) is 17.6 Å². The Bertz CT molecular complexity index is 824. The summed E-state index contributed by atoms with van der Waals surface area (Å²) < 4.78 is 1.06. The van der Waals surface area contributed by atoms with E-state index in [1.165, 1.54) is 5.56 Å². The van der Waals surface area contributed by atoms with Gasteiger partial charge in [-0.1, -0.05) is 0 Å². The SMILES string of the molecule is Cc1[nH]ncc1CCCNC(=O)Cc1csc(-c2cc(Br)cs2)n1. The highest BCUT2D eigenvalue weighted by Gasteiger charge is 2.10. The van der Waals surface area contributed by atoms with Crippen molar-refractivity contribution in [1.82, 2.24) is 20.5 Å². The molecule has 5 nitrogen and oxygen atoms in total. The Labute approximate surface area is 156 Å². The molecule has 0 aliphatic rings. The van der Waals surface area contributed by atoms with E-state index in [0.29, 0.717) is 13.0 Å². The van der Waals surface area contributed by atoms with Gasteiger partial charge in [-0.2, -0.15) is 5.10 Å². The van der Waals surface area contributed by atoms with E-state index in [9.17, 15) is 4.79 Å². The van der Waals surface area contributed by atoms with Crippen molar-refractivity contribution in [2.24, 2.45) is 0 Å². The molecule has 24 heavy (non-hydrogen) atoms. The topological polar surface area (TPSA) is 70.7 Å². The second-order valence-corrected chi connectivity index (χ2v) is 8.11. The molecule has 0 saturated carbocycles. The minimum atomic E-state index is 0.0168. The zero-order valence-electron chi connectivity index (χ0n) is 13.1. The first-order valence-electron chi connectivity index (χ1n) is 7.56. The highest BCUT2D eigenvalue weighted by molar-refractivity contribution is 9.10. The number of H-pyrrole nitrogens is 1. The number of nitrogens with zero attached hydrogens (tertiary/aromatic N) is 2. The van der Waals surface area contributed by atoms with Gasteiger partial charge in [-0.05, 0) is 47.3 Å². The third kappa shape index (κ3) is 4.52. The number of nitrogens with one attached hydrogen (secondary N) is 2. The fraction of sp³-hybridized carbons (Fsp3) is 0.312. The van der Waals surface area contributed by atoms with Crippen molar-refractivity contribution in [3.63, 3.8) is 0 Å². The molecule has 0 aliphatic heterocycles. The maximum Gasteiger partial charge on any atom is 0.226 e. The molecule has 1 amide bonds. The summed E-state index contributed by atoms with van der Waals surface area (Å²) in [5.74, 6) is 0.0168. The van der Waals surface area contributed by atoms with E-state index in [2.05, 4.69) is 36.4 Å². The fourth-order valence-corrected chi connectivity index (χ4v) is 4.62. The van der Waals surface area contributed by atoms with Crippen molar-refractivity contribution in [2.45, 2.75) is 26.2 Å². The molecule has 3 rings (SSSR count). The molecule has 0 radical (unpaired) electrons. The van der Waals surface area contributed by atoms with Gasteiger partial charge in [0.1, 0.15) is 5.01 Å². The molecule has 0 aromatic carbocycles. The molecule has 0 spiro atoms. The Balaban J connectivity index is 1.43. The van der Waals surface area contributed by atoms with Gasteiger partial charge in [0.25, 0.3) is 0 Å². The number of hydrogen-bond acceptors (Lipinski definition) is 5. The van der Waals surface area contributed by atoms with Crippen LogP contribution in [0.5, 0.6) is 0 Å². The van der Waals surface area contributed by atoms with Gasteiger partial charge in [-0.15, -0.1) is 22.7 Å². The van der Waals surface area contributed by atoms with Crippen molar-refractivity contribution < 1.29 is 4.79 Å². The van der Waals surface area contributed by atoms with Crippen LogP contribution in [0, 0.1) is 6.92 Å². The summed E-state index contributed by atoms with van der Waals surface area (Å²) in [6.45, 7) is 2.67. The van der Waals surface area contributed by atoms with E-state index in [-0.39, 0.29) is 5.91 Å². The van der Waals surface area contributed by atoms with E-state index in [1.807, 2.05) is 29.9 Å². The minimum absolute atomic E-state index is 0.0168. The Morgan fingerprint density at radius 3 is 2.96 bits per heavy atom. The van der Waals surface area contributed by atoms with Crippen LogP contribution in [0.25, 0.3) is 9.88 Å². The second kappa shape index (κ2) is 8.04. The van der Waals surface area contributed by atoms with Crippen LogP contribution in [0.4, 0.5) is 0 Å². The number of carbonyl (C=O) groups is 1. The monoisotopic (exact) mass is 424 g/mol. The lowest BCUT2D eigenvalue weighted by Crippen LogP contribution is -2.26. The number of carbonyl (C=O) groups excluding carboxylic acids is 1. The molecule has 2 N–H and O–H groups in total. The highest BCUT2D eigenvalue weighted by atomic mass is 79.9. The van der Waals surface area contributed by atoms with Gasteiger partial charge in [0, 0.05) is 27.5 Å². The van der Waals surface area contributed by atoms with Gasteiger partial charge < -0.3 is 5.32 Å². The zero-order chi connectivity index (χ0) is 16.9. The average molecular weight is 425 g/mol. The van der Waals surface area contributed by atoms with Gasteiger partial charge >= 0.3 is 0 Å². The molecule has 8 heteroatoms. The summed E-state index contributed by atoms with van der Waals surface area (Å²) in [6.07, 6.45) is 3.99. The second-order valence-electron chi connectivity index (χ2n) is 5.42. The summed E-state index contributed by atoms with van der Waals surface area (Å²) in [7, 11) is 0. The van der Waals surface area contributed by atoms with Gasteiger partial charge in [-0.25, -0.2) is 4.98 Å². The molecular formula is C16H17BrN4OS2. The smallest absolute Gasteiger partial charge is 0.226 e. The van der Waals surface area contributed by atoms with Crippen molar-refractivity contribution in [2.75, 3.05) is 6.54 Å². The molecule has 3 heterocycles. The summed E-state index contributed by atoms with van der Waals surface area (Å²) in [5, 5.41) is 14.8. The van der Waals surface area contributed by atoms with Crippen LogP contribution in [0.2, 0.25) is 0 Å². The minimum Gasteiger partial charge on any atom is -0.356 e. The number of thiazole rings is 1. The normalized spacial score (nSPS) is 10.9. The molecule has 0 aliphatic carbocycles. The van der Waals surface area contributed by atoms with E-state index < -0.39 is 0 Å². The van der Waals surface area contributed by atoms with Crippen LogP contribution in [0.15, 0.2) is 27.5 Å². The number of aromatic nitrogens is 3. The number of aryl methyl sites for hydroxylation is 2. The first-order chi connectivity index (χ1) is 11.6. The van der Waals surface area contributed by atoms with Crippen LogP contribution in [-0.4, -0.2) is 27.6 Å². The molecular weight excluding hydrogens is 408 g/mol. The van der Waals surface area contributed by atoms with Crippen LogP contribution in [0.3, 0.4) is 0 Å². The first-order valence-corrected chi connectivity index (χ1v) is 10.1. The van der Waals surface area contributed by atoms with Crippen LogP contribution in [0.1, 0.15) is 23.4 Å². The van der Waals surface area contributed by atoms with Gasteiger partial charge in [0.15, 0.2) is 0 Å². The number of aromatic amines is 1. The maximum absolute atomic E-state index is 12.0. The molecule has 0 atom stereocenters. The van der Waals surface area contributed by atoms with E-state index in [0.717, 1.165) is 38.6 Å². The lowest BCUT2D eigenvalue weighted by atomic mass is 10.1. The number of hydrogen-bond donors (Lipinski definition) is 2. The summed E-state index contributed by atoms with van der Waals surface area (Å²) in [4.78, 5) is 17.7. The summed E-state index contributed by atoms with van der Waals surface area (Å²) >= 11 is 6.67. The first kappa shape index (κ1) is 17.3. The predicted molar refractivity (Wildman–Crippen MR) is 101 cm³/mol. The van der Waals surface area contributed by atoms with Gasteiger partial charge in [0.2, 0.25) is 5.91 Å². The lowest BCUT2D eigenvalue weighted by molar-refractivity contribution is -0.120. The number of halogens is 1. The Hall–Kier alpha value is -1.51. The maximum atomic E-state index is 12.0. The van der Waals surface area contributed by atoms with E-state index in [4.69, 9.17) is 0 Å². The van der Waals surface area contributed by atoms with Crippen molar-refractivity contribution in [3.05, 3.63) is 44.4 Å². The number of thiophene rings is 1. The Kier molecular flexibility index (Phi) is 5.80.